The van der Waals surface area contributed by atoms with E-state index < -0.39 is 22.0 Å². The van der Waals surface area contributed by atoms with E-state index in [1.807, 2.05) is 12.1 Å². The molecule has 1 heterocycles. The van der Waals surface area contributed by atoms with Crippen LogP contribution >= 0.6 is 0 Å². The molecule has 2 rings (SSSR count). The number of nitrogens with zero attached hydrogens (tertiary/aromatic N) is 1. The summed E-state index contributed by atoms with van der Waals surface area (Å²) < 4.78 is 29.7. The van der Waals surface area contributed by atoms with Crippen LogP contribution in [0.25, 0.3) is 10.9 Å². The number of aromatic nitrogens is 1. The van der Waals surface area contributed by atoms with Crippen molar-refractivity contribution in [3.05, 3.63) is 36.0 Å². The molecule has 0 saturated carbocycles. The van der Waals surface area contributed by atoms with E-state index in [1.165, 1.54) is 10.2 Å². The first kappa shape index (κ1) is 15.5. The number of nitrogens with two attached hydrogens (primary N) is 1. The second-order valence-corrected chi connectivity index (χ2v) is 6.65. The molecule has 0 radical (unpaired) electrons. The van der Waals surface area contributed by atoms with Crippen LogP contribution in [0.3, 0.4) is 0 Å². The van der Waals surface area contributed by atoms with E-state index in [1.54, 1.807) is 19.1 Å². The van der Waals surface area contributed by atoms with Crippen molar-refractivity contribution in [2.45, 2.75) is 19.4 Å². The molecule has 0 aliphatic carbocycles. The van der Waals surface area contributed by atoms with E-state index in [2.05, 4.69) is 0 Å². The van der Waals surface area contributed by atoms with E-state index in [4.69, 9.17) is 10.5 Å². The summed E-state index contributed by atoms with van der Waals surface area (Å²) in [5.74, 6) is -0.492. The minimum Gasteiger partial charge on any atom is -0.465 e. The van der Waals surface area contributed by atoms with Gasteiger partial charge < -0.3 is 10.5 Å². The zero-order valence-corrected chi connectivity index (χ0v) is 12.8. The molecule has 1 unspecified atom stereocenters. The third kappa shape index (κ3) is 3.25. The van der Waals surface area contributed by atoms with Gasteiger partial charge in [0.1, 0.15) is 6.04 Å². The Morgan fingerprint density at radius 1 is 1.38 bits per heavy atom. The van der Waals surface area contributed by atoms with Crippen LogP contribution in [0.15, 0.2) is 30.5 Å². The second-order valence-electron chi connectivity index (χ2n) is 4.79. The highest BCUT2D eigenvalue weighted by Gasteiger charge is 2.20. The molecule has 6 nitrogen and oxygen atoms in total. The molecule has 114 valence electrons. The lowest BCUT2D eigenvalue weighted by molar-refractivity contribution is -0.144. The third-order valence-corrected chi connectivity index (χ3v) is 4.16. The van der Waals surface area contributed by atoms with E-state index in [0.29, 0.717) is 11.1 Å². The van der Waals surface area contributed by atoms with Gasteiger partial charge in [0.25, 0.3) is 0 Å². The third-order valence-electron chi connectivity index (χ3n) is 3.15. The summed E-state index contributed by atoms with van der Waals surface area (Å²) in [6.45, 7) is 1.97. The molecule has 21 heavy (non-hydrogen) atoms. The standard InChI is InChI=1S/C14H18N2O4S/c1-3-20-14(17)12(15)8-10-9-16(21(2,18)19)13-7-5-4-6-11(10)13/h4-7,9,12H,3,8,15H2,1-2H3. The van der Waals surface area contributed by atoms with Gasteiger partial charge in [-0.2, -0.15) is 0 Å². The van der Waals surface area contributed by atoms with Gasteiger partial charge in [-0.1, -0.05) is 18.2 Å². The Bertz CT molecular complexity index is 764. The summed E-state index contributed by atoms with van der Waals surface area (Å²) in [4.78, 5) is 11.6. The predicted octanol–water partition coefficient (Wildman–Crippen LogP) is 0.882. The number of fused-ring (bicyclic) bond motifs is 1. The van der Waals surface area contributed by atoms with Gasteiger partial charge in [0.15, 0.2) is 0 Å². The highest BCUT2D eigenvalue weighted by Crippen LogP contribution is 2.23. The maximum absolute atomic E-state index is 11.8. The maximum Gasteiger partial charge on any atom is 0.323 e. The molecule has 2 N–H and O–H groups in total. The van der Waals surface area contributed by atoms with Gasteiger partial charge in [0.2, 0.25) is 10.0 Å². The molecule has 1 atom stereocenters. The Labute approximate surface area is 123 Å². The minimum atomic E-state index is -3.42. The molecule has 0 bridgehead atoms. The van der Waals surface area contributed by atoms with E-state index in [9.17, 15) is 13.2 Å². The van der Waals surface area contributed by atoms with Crippen molar-refractivity contribution < 1.29 is 17.9 Å². The summed E-state index contributed by atoms with van der Waals surface area (Å²) >= 11 is 0. The van der Waals surface area contributed by atoms with Crippen molar-refractivity contribution in [3.63, 3.8) is 0 Å². The molecule has 7 heteroatoms. The Hall–Kier alpha value is -1.86. The number of hydrogen-bond acceptors (Lipinski definition) is 5. The summed E-state index contributed by atoms with van der Waals surface area (Å²) in [5.41, 5.74) is 7.09. The van der Waals surface area contributed by atoms with Gasteiger partial charge in [-0.05, 0) is 18.6 Å². The summed E-state index contributed by atoms with van der Waals surface area (Å²) in [6, 6.07) is 6.29. The molecule has 0 aliphatic heterocycles. The molecule has 0 amide bonds. The fraction of sp³-hybridized carbons (Fsp3) is 0.357. The summed E-state index contributed by atoms with van der Waals surface area (Å²) in [6.07, 6.45) is 2.87. The highest BCUT2D eigenvalue weighted by molar-refractivity contribution is 7.89. The zero-order valence-electron chi connectivity index (χ0n) is 11.9. The minimum absolute atomic E-state index is 0.224. The van der Waals surface area contributed by atoms with Gasteiger partial charge in [-0.3, -0.25) is 4.79 Å². The van der Waals surface area contributed by atoms with Crippen LogP contribution in [0.2, 0.25) is 0 Å². The van der Waals surface area contributed by atoms with Gasteiger partial charge in [-0.15, -0.1) is 0 Å². The summed E-state index contributed by atoms with van der Waals surface area (Å²) in [7, 11) is -3.42. The SMILES string of the molecule is CCOC(=O)C(N)Cc1cn(S(C)(=O)=O)c2ccccc12. The van der Waals surface area contributed by atoms with Crippen LogP contribution in [0.4, 0.5) is 0 Å². The highest BCUT2D eigenvalue weighted by atomic mass is 32.2. The molecular weight excluding hydrogens is 292 g/mol. The lowest BCUT2D eigenvalue weighted by atomic mass is 10.1. The molecule has 1 aromatic heterocycles. The number of benzene rings is 1. The molecular formula is C14H18N2O4S. The molecule has 1 aromatic carbocycles. The lowest BCUT2D eigenvalue weighted by Crippen LogP contribution is -2.34. The Morgan fingerprint density at radius 3 is 2.67 bits per heavy atom. The van der Waals surface area contributed by atoms with Crippen molar-refractivity contribution in [2.75, 3.05) is 12.9 Å². The van der Waals surface area contributed by atoms with Crippen molar-refractivity contribution in [2.24, 2.45) is 5.73 Å². The number of esters is 1. The Balaban J connectivity index is 2.44. The van der Waals surface area contributed by atoms with Crippen molar-refractivity contribution in [1.29, 1.82) is 0 Å². The molecule has 0 fully saturated rings. The zero-order chi connectivity index (χ0) is 15.6. The first-order chi connectivity index (χ1) is 9.84. The van der Waals surface area contributed by atoms with E-state index >= 15 is 0 Å². The van der Waals surface area contributed by atoms with Crippen LogP contribution in [0.5, 0.6) is 0 Å². The topological polar surface area (TPSA) is 91.4 Å². The van der Waals surface area contributed by atoms with Crippen molar-refractivity contribution in [1.82, 2.24) is 3.97 Å². The van der Waals surface area contributed by atoms with Gasteiger partial charge in [0, 0.05) is 18.0 Å². The normalized spacial score (nSPS) is 13.3. The molecule has 0 aliphatic rings. The van der Waals surface area contributed by atoms with E-state index in [-0.39, 0.29) is 13.0 Å². The van der Waals surface area contributed by atoms with Crippen LogP contribution in [0.1, 0.15) is 12.5 Å². The average molecular weight is 310 g/mol. The van der Waals surface area contributed by atoms with Crippen LogP contribution in [-0.4, -0.2) is 37.3 Å². The first-order valence-electron chi connectivity index (χ1n) is 6.56. The average Bonchev–Trinajstić information content (AvgIpc) is 2.78. The predicted molar refractivity (Wildman–Crippen MR) is 80.5 cm³/mol. The molecule has 0 saturated heterocycles. The Morgan fingerprint density at radius 2 is 2.05 bits per heavy atom. The number of rotatable bonds is 5. The second kappa shape index (κ2) is 5.87. The largest absolute Gasteiger partial charge is 0.465 e. The number of ether oxygens (including phenoxy) is 1. The number of carbonyl (C=O) groups excluding carboxylic acids is 1. The summed E-state index contributed by atoms with van der Waals surface area (Å²) in [5, 5.41) is 0.766. The monoisotopic (exact) mass is 310 g/mol. The number of carbonyl (C=O) groups is 1. The maximum atomic E-state index is 11.8. The van der Waals surface area contributed by atoms with Crippen molar-refractivity contribution >= 4 is 26.9 Å². The van der Waals surface area contributed by atoms with Gasteiger partial charge >= 0.3 is 5.97 Å². The van der Waals surface area contributed by atoms with Crippen LogP contribution in [0, 0.1) is 0 Å². The number of para-hydroxylation sites is 1. The van der Waals surface area contributed by atoms with Gasteiger partial charge in [-0.25, -0.2) is 12.4 Å². The lowest BCUT2D eigenvalue weighted by Gasteiger charge is -2.09. The van der Waals surface area contributed by atoms with Crippen LogP contribution in [-0.2, 0) is 26.0 Å². The first-order valence-corrected chi connectivity index (χ1v) is 8.41. The fourth-order valence-electron chi connectivity index (χ4n) is 2.22. The number of hydrogen-bond donors (Lipinski definition) is 1. The van der Waals surface area contributed by atoms with Crippen LogP contribution < -0.4 is 5.73 Å². The Kier molecular flexibility index (Phi) is 4.34. The smallest absolute Gasteiger partial charge is 0.323 e. The van der Waals surface area contributed by atoms with Crippen molar-refractivity contribution in [3.8, 4) is 0 Å². The quantitative estimate of drug-likeness (QED) is 0.828. The van der Waals surface area contributed by atoms with E-state index in [0.717, 1.165) is 11.6 Å². The molecule has 0 spiro atoms. The fourth-order valence-corrected chi connectivity index (χ4v) is 3.06. The molecule has 2 aromatic rings. The van der Waals surface area contributed by atoms with Gasteiger partial charge in [0.05, 0.1) is 18.4 Å².